The summed E-state index contributed by atoms with van der Waals surface area (Å²) >= 11 is 0. The molecule has 2 amide bonds. The van der Waals surface area contributed by atoms with Gasteiger partial charge in [-0.15, -0.1) is 0 Å². The van der Waals surface area contributed by atoms with Crippen LogP contribution in [0.4, 0.5) is 16.3 Å². The monoisotopic (exact) mass is 392 g/mol. The lowest BCUT2D eigenvalue weighted by Crippen LogP contribution is -2.50. The zero-order chi connectivity index (χ0) is 20.4. The van der Waals surface area contributed by atoms with Crippen molar-refractivity contribution in [1.29, 1.82) is 0 Å². The summed E-state index contributed by atoms with van der Waals surface area (Å²) in [5.41, 5.74) is 8.27. The van der Waals surface area contributed by atoms with Crippen molar-refractivity contribution < 1.29 is 9.59 Å². The molecular weight excluding hydrogens is 368 g/mol. The van der Waals surface area contributed by atoms with E-state index in [-0.39, 0.29) is 6.03 Å². The van der Waals surface area contributed by atoms with E-state index in [0.717, 1.165) is 30.3 Å². The minimum atomic E-state index is -0.713. The quantitative estimate of drug-likeness (QED) is 0.801. The first-order chi connectivity index (χ1) is 14.1. The van der Waals surface area contributed by atoms with Crippen LogP contribution in [-0.4, -0.2) is 53.5 Å². The molecule has 29 heavy (non-hydrogen) atoms. The Morgan fingerprint density at radius 2 is 1.93 bits per heavy atom. The molecule has 4 rings (SSSR count). The highest BCUT2D eigenvalue weighted by molar-refractivity contribution is 6.02. The number of nitrogens with two attached hydrogens (primary N) is 1. The first kappa shape index (κ1) is 19.1. The molecule has 2 aliphatic heterocycles. The molecule has 150 valence electrons. The molecule has 0 spiro atoms. The molecule has 1 saturated heterocycles. The molecule has 3 heterocycles. The molecular formula is C21H24N6O2. The van der Waals surface area contributed by atoms with Crippen LogP contribution < -0.4 is 15.5 Å². The van der Waals surface area contributed by atoms with E-state index in [1.54, 1.807) is 23.0 Å². The Morgan fingerprint density at radius 3 is 2.59 bits per heavy atom. The van der Waals surface area contributed by atoms with Gasteiger partial charge in [-0.1, -0.05) is 30.3 Å². The van der Waals surface area contributed by atoms with Crippen LogP contribution in [0.15, 0.2) is 30.5 Å². The Labute approximate surface area is 169 Å². The highest BCUT2D eigenvalue weighted by atomic mass is 16.2. The fourth-order valence-electron chi connectivity index (χ4n) is 3.70. The predicted molar refractivity (Wildman–Crippen MR) is 112 cm³/mol. The van der Waals surface area contributed by atoms with Gasteiger partial charge in [0.05, 0.1) is 6.20 Å². The van der Waals surface area contributed by atoms with Gasteiger partial charge in [-0.3, -0.25) is 9.69 Å². The van der Waals surface area contributed by atoms with E-state index in [0.29, 0.717) is 37.0 Å². The standard InChI is InChI=1S/C21H24N6O2/c1-25-19(14-28)27(21(29)26-10-2-3-11-26)17-13-23-18(24-20(17)25)9-8-15-4-6-16(12-22)7-5-15/h4-9,13-14,19H,2-3,10-12,22H2,1H3/b9-8+. The largest absolute Gasteiger partial charge is 0.331 e. The number of benzene rings is 1. The van der Waals surface area contributed by atoms with Gasteiger partial charge < -0.3 is 15.5 Å². The fourth-order valence-corrected chi connectivity index (χ4v) is 3.70. The van der Waals surface area contributed by atoms with Crippen molar-refractivity contribution in [3.8, 4) is 0 Å². The Bertz CT molecular complexity index is 937. The van der Waals surface area contributed by atoms with Crippen molar-refractivity contribution in [1.82, 2.24) is 14.9 Å². The van der Waals surface area contributed by atoms with Crippen LogP contribution in [-0.2, 0) is 11.3 Å². The van der Waals surface area contributed by atoms with Gasteiger partial charge in [-0.05, 0) is 30.0 Å². The van der Waals surface area contributed by atoms with E-state index >= 15 is 0 Å². The summed E-state index contributed by atoms with van der Waals surface area (Å²) in [5, 5.41) is 0. The molecule has 0 aliphatic carbocycles. The molecule has 1 unspecified atom stereocenters. The maximum atomic E-state index is 13.0. The number of fused-ring (bicyclic) bond motifs is 1. The van der Waals surface area contributed by atoms with Gasteiger partial charge in [0, 0.05) is 26.7 Å². The maximum Gasteiger partial charge on any atom is 0.326 e. The van der Waals surface area contributed by atoms with Gasteiger partial charge in [0.25, 0.3) is 0 Å². The molecule has 0 radical (unpaired) electrons. The third kappa shape index (κ3) is 3.58. The number of hydrogen-bond acceptors (Lipinski definition) is 6. The normalized spacial score (nSPS) is 18.6. The topological polar surface area (TPSA) is 95.7 Å². The molecule has 2 aromatic rings. The van der Waals surface area contributed by atoms with E-state index in [9.17, 15) is 9.59 Å². The van der Waals surface area contributed by atoms with Crippen molar-refractivity contribution in [2.45, 2.75) is 25.6 Å². The summed E-state index contributed by atoms with van der Waals surface area (Å²) in [6, 6.07) is 7.76. The Morgan fingerprint density at radius 1 is 1.21 bits per heavy atom. The van der Waals surface area contributed by atoms with Gasteiger partial charge >= 0.3 is 6.03 Å². The number of rotatable bonds is 4. The summed E-state index contributed by atoms with van der Waals surface area (Å²) in [6.45, 7) is 1.93. The second kappa shape index (κ2) is 8.00. The number of amides is 2. The number of nitrogens with zero attached hydrogens (tertiary/aromatic N) is 5. The minimum Gasteiger partial charge on any atom is -0.331 e. The third-order valence-electron chi connectivity index (χ3n) is 5.37. The van der Waals surface area contributed by atoms with Crippen LogP contribution in [0.1, 0.15) is 29.8 Å². The molecule has 1 aromatic carbocycles. The fraction of sp³-hybridized carbons (Fsp3) is 0.333. The van der Waals surface area contributed by atoms with Crippen LogP contribution in [0.3, 0.4) is 0 Å². The first-order valence-corrected chi connectivity index (χ1v) is 9.73. The van der Waals surface area contributed by atoms with Crippen LogP contribution in [0, 0.1) is 0 Å². The Kier molecular flexibility index (Phi) is 5.26. The average Bonchev–Trinajstić information content (AvgIpc) is 3.39. The van der Waals surface area contributed by atoms with Crippen molar-refractivity contribution >= 4 is 36.0 Å². The zero-order valence-electron chi connectivity index (χ0n) is 16.4. The summed E-state index contributed by atoms with van der Waals surface area (Å²) in [7, 11) is 1.77. The van der Waals surface area contributed by atoms with Crippen LogP contribution in [0.2, 0.25) is 0 Å². The molecule has 1 atom stereocenters. The van der Waals surface area contributed by atoms with Gasteiger partial charge in [0.1, 0.15) is 5.69 Å². The van der Waals surface area contributed by atoms with E-state index in [2.05, 4.69) is 9.97 Å². The number of carbonyl (C=O) groups is 2. The molecule has 8 nitrogen and oxygen atoms in total. The van der Waals surface area contributed by atoms with Gasteiger partial charge in [-0.25, -0.2) is 14.8 Å². The number of carbonyl (C=O) groups excluding carboxylic acids is 2. The summed E-state index contributed by atoms with van der Waals surface area (Å²) < 4.78 is 0. The third-order valence-corrected chi connectivity index (χ3v) is 5.37. The van der Waals surface area contributed by atoms with E-state index < -0.39 is 6.17 Å². The number of urea groups is 1. The van der Waals surface area contributed by atoms with Gasteiger partial charge in [0.15, 0.2) is 24.1 Å². The SMILES string of the molecule is CN1c2nc(/C=C/c3ccc(CN)cc3)ncc2N(C(=O)N2CCCC2)C1C=O. The molecule has 8 heteroatoms. The van der Waals surface area contributed by atoms with Gasteiger partial charge in [-0.2, -0.15) is 0 Å². The zero-order valence-corrected chi connectivity index (χ0v) is 16.4. The molecule has 0 bridgehead atoms. The smallest absolute Gasteiger partial charge is 0.326 e. The van der Waals surface area contributed by atoms with E-state index in [1.807, 2.05) is 36.4 Å². The molecule has 2 aliphatic rings. The highest BCUT2D eigenvalue weighted by Gasteiger charge is 2.41. The summed E-state index contributed by atoms with van der Waals surface area (Å²) in [4.78, 5) is 38.6. The molecule has 1 fully saturated rings. The summed E-state index contributed by atoms with van der Waals surface area (Å²) in [5.74, 6) is 1.08. The van der Waals surface area contributed by atoms with Crippen molar-refractivity contribution in [2.75, 3.05) is 29.9 Å². The van der Waals surface area contributed by atoms with Crippen LogP contribution >= 0.6 is 0 Å². The van der Waals surface area contributed by atoms with Crippen LogP contribution in [0.5, 0.6) is 0 Å². The number of aromatic nitrogens is 2. The lowest BCUT2D eigenvalue weighted by molar-refractivity contribution is -0.108. The number of likely N-dealkylation sites (tertiary alicyclic amines) is 1. The van der Waals surface area contributed by atoms with Crippen LogP contribution in [0.25, 0.3) is 12.2 Å². The minimum absolute atomic E-state index is 0.169. The van der Waals surface area contributed by atoms with E-state index in [4.69, 9.17) is 5.73 Å². The number of hydrogen-bond donors (Lipinski definition) is 1. The van der Waals surface area contributed by atoms with Crippen molar-refractivity contribution in [3.05, 3.63) is 47.4 Å². The highest BCUT2D eigenvalue weighted by Crippen LogP contribution is 2.37. The van der Waals surface area contributed by atoms with E-state index in [1.165, 1.54) is 4.90 Å². The van der Waals surface area contributed by atoms with Crippen molar-refractivity contribution in [2.24, 2.45) is 5.73 Å². The van der Waals surface area contributed by atoms with Crippen molar-refractivity contribution in [3.63, 3.8) is 0 Å². The average molecular weight is 392 g/mol. The number of anilines is 2. The second-order valence-electron chi connectivity index (χ2n) is 7.22. The number of aldehydes is 1. The second-order valence-corrected chi connectivity index (χ2v) is 7.22. The lowest BCUT2D eigenvalue weighted by atomic mass is 10.1. The first-order valence-electron chi connectivity index (χ1n) is 9.73. The maximum absolute atomic E-state index is 13.0. The number of likely N-dealkylation sites (N-methyl/N-ethyl adjacent to an activating group) is 1. The Balaban J connectivity index is 1.60. The molecule has 0 saturated carbocycles. The van der Waals surface area contributed by atoms with Gasteiger partial charge in [0.2, 0.25) is 0 Å². The molecule has 1 aromatic heterocycles. The lowest BCUT2D eigenvalue weighted by Gasteiger charge is -2.28. The molecule has 2 N–H and O–H groups in total. The summed E-state index contributed by atoms with van der Waals surface area (Å²) in [6.07, 6.45) is 7.38. The Hall–Kier alpha value is -3.26. The predicted octanol–water partition coefficient (Wildman–Crippen LogP) is 2.10.